The molecule has 0 aliphatic carbocycles. The quantitative estimate of drug-likeness (QED) is 0.622. The van der Waals surface area contributed by atoms with Gasteiger partial charge in [-0.15, -0.1) is 5.10 Å². The van der Waals surface area contributed by atoms with E-state index >= 15 is 0 Å². The monoisotopic (exact) mass is 368 g/mol. The highest BCUT2D eigenvalue weighted by atomic mass is 35.5. The Morgan fingerprint density at radius 1 is 1.04 bits per heavy atom. The molecule has 0 fully saturated rings. The lowest BCUT2D eigenvalue weighted by molar-refractivity contribution is -0.114. The highest BCUT2D eigenvalue weighted by Crippen LogP contribution is 2.23. The Bertz CT molecular complexity index is 929. The molecule has 1 amide bonds. The van der Waals surface area contributed by atoms with Crippen LogP contribution in [0, 0.1) is 6.92 Å². The van der Waals surface area contributed by atoms with E-state index in [1.807, 2.05) is 37.3 Å². The van der Waals surface area contributed by atoms with Gasteiger partial charge in [0.05, 0.1) is 6.20 Å². The molecule has 0 aliphatic heterocycles. The Morgan fingerprint density at radius 2 is 1.77 bits per heavy atom. The van der Waals surface area contributed by atoms with Crippen LogP contribution in [0.25, 0.3) is 0 Å². The normalized spacial score (nSPS) is 10.3. The van der Waals surface area contributed by atoms with E-state index in [2.05, 4.69) is 31.1 Å². The van der Waals surface area contributed by atoms with Crippen molar-refractivity contribution in [1.29, 1.82) is 0 Å². The zero-order valence-electron chi connectivity index (χ0n) is 14.2. The fourth-order valence-electron chi connectivity index (χ4n) is 2.25. The first-order valence-electron chi connectivity index (χ1n) is 7.87. The van der Waals surface area contributed by atoms with Crippen molar-refractivity contribution in [2.45, 2.75) is 13.8 Å². The van der Waals surface area contributed by atoms with Crippen LogP contribution in [-0.2, 0) is 4.79 Å². The molecule has 3 aromatic rings. The van der Waals surface area contributed by atoms with Gasteiger partial charge in [0.25, 0.3) is 0 Å². The van der Waals surface area contributed by atoms with Crippen LogP contribution in [-0.4, -0.2) is 21.1 Å². The standard InChI is InChI=1S/C18H17ClN6O/c1-11-3-4-13(19)9-16(11)23-17-10-20-25-18(24-17)22-15-7-5-14(6-8-15)21-12(2)26/h3-10H,1-2H3,(H,21,26)(H2,22,23,24,25). The topological polar surface area (TPSA) is 91.8 Å². The first-order valence-corrected chi connectivity index (χ1v) is 8.25. The molecule has 3 rings (SSSR count). The maximum atomic E-state index is 11.1. The van der Waals surface area contributed by atoms with Crippen molar-refractivity contribution in [1.82, 2.24) is 15.2 Å². The summed E-state index contributed by atoms with van der Waals surface area (Å²) in [6, 6.07) is 12.8. The van der Waals surface area contributed by atoms with E-state index < -0.39 is 0 Å². The first-order chi connectivity index (χ1) is 12.5. The minimum absolute atomic E-state index is 0.117. The van der Waals surface area contributed by atoms with Crippen molar-refractivity contribution in [2.75, 3.05) is 16.0 Å². The molecule has 7 nitrogen and oxygen atoms in total. The minimum Gasteiger partial charge on any atom is -0.339 e. The van der Waals surface area contributed by atoms with Gasteiger partial charge in [-0.2, -0.15) is 10.1 Å². The van der Waals surface area contributed by atoms with Crippen LogP contribution in [0.2, 0.25) is 5.02 Å². The SMILES string of the molecule is CC(=O)Nc1ccc(Nc2nncc(Nc3cc(Cl)ccc3C)n2)cc1. The second-order valence-corrected chi connectivity index (χ2v) is 6.07. The minimum atomic E-state index is -0.117. The second-order valence-electron chi connectivity index (χ2n) is 5.63. The third-order valence-corrected chi connectivity index (χ3v) is 3.72. The van der Waals surface area contributed by atoms with Crippen molar-refractivity contribution in [2.24, 2.45) is 0 Å². The molecule has 0 bridgehead atoms. The zero-order valence-corrected chi connectivity index (χ0v) is 15.0. The number of anilines is 5. The maximum Gasteiger partial charge on any atom is 0.249 e. The van der Waals surface area contributed by atoms with E-state index in [0.717, 1.165) is 16.9 Å². The number of hydrogen-bond acceptors (Lipinski definition) is 6. The maximum absolute atomic E-state index is 11.1. The summed E-state index contributed by atoms with van der Waals surface area (Å²) in [5.74, 6) is 0.776. The molecule has 0 saturated heterocycles. The first kappa shape index (κ1) is 17.6. The number of aromatic nitrogens is 3. The predicted molar refractivity (Wildman–Crippen MR) is 103 cm³/mol. The fourth-order valence-corrected chi connectivity index (χ4v) is 2.42. The Labute approximate surface area is 155 Å². The molecule has 8 heteroatoms. The van der Waals surface area contributed by atoms with Crippen molar-refractivity contribution >= 4 is 46.3 Å². The van der Waals surface area contributed by atoms with Crippen molar-refractivity contribution in [3.05, 3.63) is 59.2 Å². The lowest BCUT2D eigenvalue weighted by Gasteiger charge is -2.10. The average molecular weight is 369 g/mol. The molecular weight excluding hydrogens is 352 g/mol. The van der Waals surface area contributed by atoms with Gasteiger partial charge in [0.15, 0.2) is 5.82 Å². The summed E-state index contributed by atoms with van der Waals surface area (Å²) in [6.07, 6.45) is 1.53. The van der Waals surface area contributed by atoms with E-state index in [0.29, 0.717) is 22.5 Å². The Balaban J connectivity index is 1.73. The van der Waals surface area contributed by atoms with E-state index in [1.165, 1.54) is 13.1 Å². The summed E-state index contributed by atoms with van der Waals surface area (Å²) in [5, 5.41) is 17.5. The average Bonchev–Trinajstić information content (AvgIpc) is 2.60. The zero-order chi connectivity index (χ0) is 18.5. The number of aryl methyl sites for hydroxylation is 1. The lowest BCUT2D eigenvalue weighted by atomic mass is 10.2. The van der Waals surface area contributed by atoms with Crippen LogP contribution in [0.3, 0.4) is 0 Å². The number of rotatable bonds is 5. The van der Waals surface area contributed by atoms with E-state index in [1.54, 1.807) is 12.1 Å². The van der Waals surface area contributed by atoms with Crippen LogP contribution >= 0.6 is 11.6 Å². The molecular formula is C18H17ClN6O. The molecule has 1 aromatic heterocycles. The number of nitrogens with zero attached hydrogens (tertiary/aromatic N) is 3. The van der Waals surface area contributed by atoms with Crippen LogP contribution in [0.15, 0.2) is 48.7 Å². The smallest absolute Gasteiger partial charge is 0.249 e. The van der Waals surface area contributed by atoms with Crippen molar-refractivity contribution in [3.63, 3.8) is 0 Å². The van der Waals surface area contributed by atoms with E-state index in [-0.39, 0.29) is 5.91 Å². The molecule has 0 spiro atoms. The fraction of sp³-hybridized carbons (Fsp3) is 0.111. The summed E-state index contributed by atoms with van der Waals surface area (Å²) in [5.41, 5.74) is 3.38. The number of halogens is 1. The highest BCUT2D eigenvalue weighted by molar-refractivity contribution is 6.30. The molecule has 0 radical (unpaired) electrons. The predicted octanol–water partition coefficient (Wildman–Crippen LogP) is 4.28. The lowest BCUT2D eigenvalue weighted by Crippen LogP contribution is -2.06. The number of carbonyl (C=O) groups excluding carboxylic acids is 1. The van der Waals surface area contributed by atoms with Gasteiger partial charge in [-0.25, -0.2) is 0 Å². The molecule has 26 heavy (non-hydrogen) atoms. The summed E-state index contributed by atoms with van der Waals surface area (Å²) in [4.78, 5) is 15.4. The van der Waals surface area contributed by atoms with Gasteiger partial charge in [0.1, 0.15) is 0 Å². The third-order valence-electron chi connectivity index (χ3n) is 3.48. The van der Waals surface area contributed by atoms with E-state index in [4.69, 9.17) is 11.6 Å². The summed E-state index contributed by atoms with van der Waals surface area (Å²) < 4.78 is 0. The largest absolute Gasteiger partial charge is 0.339 e. The summed E-state index contributed by atoms with van der Waals surface area (Å²) in [6.45, 7) is 3.44. The summed E-state index contributed by atoms with van der Waals surface area (Å²) in [7, 11) is 0. The molecule has 0 aliphatic rings. The van der Waals surface area contributed by atoms with Gasteiger partial charge in [0.2, 0.25) is 11.9 Å². The van der Waals surface area contributed by atoms with Gasteiger partial charge in [-0.1, -0.05) is 17.7 Å². The van der Waals surface area contributed by atoms with Gasteiger partial charge in [0, 0.05) is 29.0 Å². The molecule has 0 unspecified atom stereocenters. The Kier molecular flexibility index (Phi) is 5.28. The molecule has 3 N–H and O–H groups in total. The second kappa shape index (κ2) is 7.79. The van der Waals surface area contributed by atoms with Gasteiger partial charge in [-0.05, 0) is 48.9 Å². The number of amides is 1. The third kappa shape index (κ3) is 4.67. The number of hydrogen-bond donors (Lipinski definition) is 3. The van der Waals surface area contributed by atoms with Crippen molar-refractivity contribution in [3.8, 4) is 0 Å². The molecule has 132 valence electrons. The van der Waals surface area contributed by atoms with Crippen LogP contribution in [0.5, 0.6) is 0 Å². The molecule has 0 atom stereocenters. The van der Waals surface area contributed by atoms with Crippen LogP contribution in [0.1, 0.15) is 12.5 Å². The Morgan fingerprint density at radius 3 is 2.50 bits per heavy atom. The Hall–Kier alpha value is -3.19. The number of nitrogens with one attached hydrogen (secondary N) is 3. The van der Waals surface area contributed by atoms with E-state index in [9.17, 15) is 4.79 Å². The van der Waals surface area contributed by atoms with Crippen LogP contribution in [0.4, 0.5) is 28.8 Å². The number of carbonyl (C=O) groups is 1. The summed E-state index contributed by atoms with van der Waals surface area (Å²) >= 11 is 6.04. The van der Waals surface area contributed by atoms with Gasteiger partial charge < -0.3 is 16.0 Å². The number of benzene rings is 2. The molecule has 1 heterocycles. The van der Waals surface area contributed by atoms with Crippen LogP contribution < -0.4 is 16.0 Å². The molecule has 2 aromatic carbocycles. The van der Waals surface area contributed by atoms with Gasteiger partial charge in [-0.3, -0.25) is 4.79 Å². The van der Waals surface area contributed by atoms with Crippen molar-refractivity contribution < 1.29 is 4.79 Å². The molecule has 0 saturated carbocycles. The van der Waals surface area contributed by atoms with Gasteiger partial charge >= 0.3 is 0 Å². The highest BCUT2D eigenvalue weighted by Gasteiger charge is 2.05.